The maximum Gasteiger partial charge on any atom is 0.362 e. The largest absolute Gasteiger partial charge is 0.476 e. The molecule has 0 aliphatic rings. The minimum Gasteiger partial charge on any atom is -0.476 e. The molecule has 0 saturated heterocycles. The normalized spacial score (nSPS) is 11.7. The monoisotopic (exact) mass is 451 g/mol. The van der Waals surface area contributed by atoms with E-state index >= 15 is 0 Å². The second-order valence-corrected chi connectivity index (χ2v) is 7.40. The van der Waals surface area contributed by atoms with Crippen molar-refractivity contribution >= 4 is 15.2 Å². The van der Waals surface area contributed by atoms with Crippen LogP contribution in [0.2, 0.25) is 0 Å². The van der Waals surface area contributed by atoms with E-state index in [2.05, 4.69) is 10.3 Å². The highest BCUT2D eigenvalue weighted by molar-refractivity contribution is 7.16. The molecule has 0 radical (unpaired) electrons. The van der Waals surface area contributed by atoms with Crippen LogP contribution < -0.4 is 9.47 Å². The fourth-order valence-corrected chi connectivity index (χ4v) is 3.32. The number of nitrogens with zero attached hydrogens (tertiary/aromatic N) is 3. The van der Waals surface area contributed by atoms with E-state index in [9.17, 15) is 14.3 Å². The first-order valence-electron chi connectivity index (χ1n) is 9.59. The topological polar surface area (TPSA) is 86.5 Å². The van der Waals surface area contributed by atoms with Gasteiger partial charge in [-0.3, -0.25) is 0 Å². The van der Waals surface area contributed by atoms with E-state index in [0.717, 1.165) is 22.3 Å². The number of carbonyl (C=O) groups is 1. The minimum atomic E-state index is -1.45. The molecule has 9 heteroatoms. The molecule has 2 unspecified atom stereocenters. The smallest absolute Gasteiger partial charge is 0.362 e. The third-order valence-corrected chi connectivity index (χ3v) is 4.82. The van der Waals surface area contributed by atoms with Crippen molar-refractivity contribution in [2.45, 2.75) is 6.10 Å². The molecule has 0 saturated carbocycles. The third kappa shape index (κ3) is 4.76. The Hall–Kier alpha value is -3.77. The van der Waals surface area contributed by atoms with Crippen molar-refractivity contribution in [1.82, 2.24) is 15.0 Å². The van der Waals surface area contributed by atoms with Gasteiger partial charge in [0, 0.05) is 7.05 Å². The Morgan fingerprint density at radius 1 is 0.969 bits per heavy atom. The summed E-state index contributed by atoms with van der Waals surface area (Å²) in [5.41, 5.74) is 3.60. The number of aryl methyl sites for hydroxylation is 1. The van der Waals surface area contributed by atoms with Crippen molar-refractivity contribution in [3.05, 3.63) is 78.5 Å². The van der Waals surface area contributed by atoms with Gasteiger partial charge in [-0.05, 0) is 46.5 Å². The van der Waals surface area contributed by atoms with E-state index in [1.165, 1.54) is 4.68 Å². The van der Waals surface area contributed by atoms with Gasteiger partial charge in [0.05, 0.1) is 0 Å². The van der Waals surface area contributed by atoms with Crippen LogP contribution in [0.25, 0.3) is 22.3 Å². The molecule has 32 heavy (non-hydrogen) atoms. The van der Waals surface area contributed by atoms with E-state index in [4.69, 9.17) is 9.47 Å². The molecule has 0 aliphatic heterocycles. The zero-order valence-corrected chi connectivity index (χ0v) is 18.1. The summed E-state index contributed by atoms with van der Waals surface area (Å²) in [6.07, 6.45) is -1.45. The van der Waals surface area contributed by atoms with Crippen molar-refractivity contribution < 1.29 is 23.8 Å². The summed E-state index contributed by atoms with van der Waals surface area (Å²) < 4.78 is 25.1. The van der Waals surface area contributed by atoms with E-state index < -0.39 is 12.1 Å². The Bertz CT molecular complexity index is 1240. The molecule has 0 amide bonds. The first kappa shape index (κ1) is 21.5. The van der Waals surface area contributed by atoms with Crippen LogP contribution in [0.15, 0.2) is 72.8 Å². The van der Waals surface area contributed by atoms with Crippen LogP contribution in [0.5, 0.6) is 17.4 Å². The molecule has 4 rings (SSSR count). The Kier molecular flexibility index (Phi) is 6.14. The fourth-order valence-electron chi connectivity index (χ4n) is 3.16. The van der Waals surface area contributed by atoms with Crippen LogP contribution >= 0.6 is 9.24 Å². The molecule has 0 fully saturated rings. The van der Waals surface area contributed by atoms with Crippen LogP contribution in [0.4, 0.5) is 4.39 Å². The summed E-state index contributed by atoms with van der Waals surface area (Å²) in [7, 11) is 3.52. The molecule has 0 spiro atoms. The molecular weight excluding hydrogens is 432 g/mol. The SMILES string of the molecule is Cn1nnc(C(=O)O)c1Oc1ccc(-c2ccc(-c3cccc(OC(F)P)c3)cc2)cc1. The average molecular weight is 451 g/mol. The summed E-state index contributed by atoms with van der Waals surface area (Å²) in [6.45, 7) is 0. The highest BCUT2D eigenvalue weighted by atomic mass is 31.0. The molecule has 1 heterocycles. The summed E-state index contributed by atoms with van der Waals surface area (Å²) in [5, 5.41) is 16.5. The molecular formula is C23H19FN3O4P. The highest BCUT2D eigenvalue weighted by Crippen LogP contribution is 2.30. The second kappa shape index (κ2) is 9.16. The van der Waals surface area contributed by atoms with Gasteiger partial charge in [-0.1, -0.05) is 63.0 Å². The second-order valence-electron chi connectivity index (χ2n) is 6.87. The van der Waals surface area contributed by atoms with Crippen LogP contribution in [0, 0.1) is 0 Å². The van der Waals surface area contributed by atoms with Crippen molar-refractivity contribution in [3.63, 3.8) is 0 Å². The predicted octanol–water partition coefficient (Wildman–Crippen LogP) is 5.15. The van der Waals surface area contributed by atoms with Gasteiger partial charge >= 0.3 is 5.97 Å². The lowest BCUT2D eigenvalue weighted by molar-refractivity contribution is 0.0687. The summed E-state index contributed by atoms with van der Waals surface area (Å²) in [5.74, 6) is -0.226. The molecule has 3 aromatic carbocycles. The van der Waals surface area contributed by atoms with Crippen LogP contribution in [0.3, 0.4) is 0 Å². The number of benzene rings is 3. The summed E-state index contributed by atoms with van der Waals surface area (Å²) in [4.78, 5) is 11.2. The number of rotatable bonds is 7. The maximum absolute atomic E-state index is 13.1. The zero-order valence-electron chi connectivity index (χ0n) is 17.0. The van der Waals surface area contributed by atoms with Gasteiger partial charge in [0.1, 0.15) is 11.5 Å². The molecule has 0 aliphatic carbocycles. The Balaban J connectivity index is 1.51. The number of hydrogen-bond acceptors (Lipinski definition) is 5. The Morgan fingerprint density at radius 2 is 1.56 bits per heavy atom. The van der Waals surface area contributed by atoms with Gasteiger partial charge in [-0.2, -0.15) is 4.39 Å². The number of ether oxygens (including phenoxy) is 2. The lowest BCUT2D eigenvalue weighted by Gasteiger charge is -2.10. The number of aromatic carboxylic acids is 1. The quantitative estimate of drug-likeness (QED) is 0.391. The minimum absolute atomic E-state index is 0.0570. The lowest BCUT2D eigenvalue weighted by Crippen LogP contribution is -2.01. The number of halogens is 1. The third-order valence-electron chi connectivity index (χ3n) is 4.68. The zero-order chi connectivity index (χ0) is 22.7. The van der Waals surface area contributed by atoms with E-state index in [1.807, 2.05) is 57.8 Å². The van der Waals surface area contributed by atoms with Gasteiger partial charge in [0.15, 0.2) is 0 Å². The molecule has 1 aromatic heterocycles. The number of hydrogen-bond donors (Lipinski definition) is 1. The first-order chi connectivity index (χ1) is 15.4. The van der Waals surface area contributed by atoms with Gasteiger partial charge in [-0.15, -0.1) is 5.10 Å². The number of alkyl halides is 1. The molecule has 4 aromatic rings. The van der Waals surface area contributed by atoms with Gasteiger partial charge in [0.2, 0.25) is 11.8 Å². The summed E-state index contributed by atoms with van der Waals surface area (Å²) >= 11 is 0. The van der Waals surface area contributed by atoms with Gasteiger partial charge < -0.3 is 14.6 Å². The molecule has 0 bridgehead atoms. The van der Waals surface area contributed by atoms with Gasteiger partial charge in [0.25, 0.3) is 5.88 Å². The van der Waals surface area contributed by atoms with E-state index in [-0.39, 0.29) is 11.6 Å². The molecule has 1 N–H and O–H groups in total. The fraction of sp³-hybridized carbons (Fsp3) is 0.0870. The highest BCUT2D eigenvalue weighted by Gasteiger charge is 2.19. The molecule has 162 valence electrons. The number of aromatic nitrogens is 3. The van der Waals surface area contributed by atoms with E-state index in [0.29, 0.717) is 11.5 Å². The predicted molar refractivity (Wildman–Crippen MR) is 121 cm³/mol. The van der Waals surface area contributed by atoms with Gasteiger partial charge in [-0.25, -0.2) is 9.48 Å². The first-order valence-corrected chi connectivity index (χ1v) is 10.3. The van der Waals surface area contributed by atoms with Crippen LogP contribution in [0.1, 0.15) is 10.5 Å². The van der Waals surface area contributed by atoms with Crippen LogP contribution in [-0.2, 0) is 7.05 Å². The maximum atomic E-state index is 13.1. The van der Waals surface area contributed by atoms with Crippen molar-refractivity contribution in [3.8, 4) is 39.6 Å². The standard InChI is InChI=1S/C23H19FN3O4P/c1-27-21(20(22(28)29)25-26-27)30-18-11-9-15(10-12-18)14-5-7-16(8-6-14)17-3-2-4-19(13-17)31-23(24)32/h2-13,23H,32H2,1H3,(H,28,29). The van der Waals surface area contributed by atoms with Crippen molar-refractivity contribution in [2.75, 3.05) is 0 Å². The summed E-state index contributed by atoms with van der Waals surface area (Å²) in [6, 6.07) is 22.4. The molecule has 7 nitrogen and oxygen atoms in total. The van der Waals surface area contributed by atoms with Crippen molar-refractivity contribution in [1.29, 1.82) is 0 Å². The molecule has 2 atom stereocenters. The Labute approximate surface area is 185 Å². The lowest BCUT2D eigenvalue weighted by atomic mass is 10.0. The van der Waals surface area contributed by atoms with Crippen LogP contribution in [-0.4, -0.2) is 32.2 Å². The average Bonchev–Trinajstić information content (AvgIpc) is 3.14. The number of carboxylic acids is 1. The Morgan fingerprint density at radius 3 is 2.16 bits per heavy atom. The van der Waals surface area contributed by atoms with E-state index in [1.54, 1.807) is 31.3 Å². The van der Waals surface area contributed by atoms with Crippen molar-refractivity contribution in [2.24, 2.45) is 7.05 Å². The number of carboxylic acid groups (broad SMARTS) is 1.